The molecule has 1 N–H and O–H groups in total. The Hall–Kier alpha value is -3.79. The molecule has 1 aromatic heterocycles. The fourth-order valence-corrected chi connectivity index (χ4v) is 3.78. The van der Waals surface area contributed by atoms with Gasteiger partial charge in [-0.15, -0.1) is 0 Å². The van der Waals surface area contributed by atoms with Crippen molar-refractivity contribution in [3.8, 4) is 10.9 Å². The Kier molecular flexibility index (Phi) is 4.92. The van der Waals surface area contributed by atoms with Crippen molar-refractivity contribution in [2.24, 2.45) is 5.92 Å². The molecule has 0 aliphatic carbocycles. The van der Waals surface area contributed by atoms with Crippen molar-refractivity contribution in [3.63, 3.8) is 0 Å². The number of hydrogen-bond donors (Lipinski definition) is 1. The number of rotatable bonds is 4. The lowest BCUT2D eigenvalue weighted by molar-refractivity contribution is -0.151. The monoisotopic (exact) mass is 424 g/mol. The second-order valence-electron chi connectivity index (χ2n) is 6.57. The molecule has 1 aliphatic heterocycles. The van der Waals surface area contributed by atoms with Crippen LogP contribution in [0, 0.1) is 5.92 Å². The van der Waals surface area contributed by atoms with Crippen LogP contribution in [-0.4, -0.2) is 52.6 Å². The molecular formula is C20H16N4O5S. The number of aromatic nitrogens is 1. The number of carbonyl (C=O) groups excluding carboxylic acids is 4. The number of para-hydroxylation sites is 1. The maximum absolute atomic E-state index is 12.5. The summed E-state index contributed by atoms with van der Waals surface area (Å²) in [7, 11) is 2.45. The number of fused-ring (bicyclic) bond motifs is 1. The Labute approximate surface area is 174 Å². The van der Waals surface area contributed by atoms with Gasteiger partial charge in [-0.3, -0.25) is 24.2 Å². The molecule has 0 spiro atoms. The Morgan fingerprint density at radius 3 is 2.27 bits per heavy atom. The van der Waals surface area contributed by atoms with E-state index in [4.69, 9.17) is 4.74 Å². The number of carbonyl (C=O) groups is 4. The lowest BCUT2D eigenvalue weighted by Gasteiger charge is -2.32. The predicted octanol–water partition coefficient (Wildman–Crippen LogP) is 2.69. The minimum atomic E-state index is -1.61. The molecule has 152 valence electrons. The highest BCUT2D eigenvalue weighted by Crippen LogP contribution is 2.31. The van der Waals surface area contributed by atoms with Gasteiger partial charge in [-0.2, -0.15) is 0 Å². The summed E-state index contributed by atoms with van der Waals surface area (Å²) in [5.74, 6) is -3.64. The number of imide groups is 2. The summed E-state index contributed by atoms with van der Waals surface area (Å²) in [4.78, 5) is 54.6. The molecule has 1 aliphatic rings. The second kappa shape index (κ2) is 7.56. The van der Waals surface area contributed by atoms with Crippen LogP contribution in [0.25, 0.3) is 10.2 Å². The van der Waals surface area contributed by atoms with Gasteiger partial charge in [-0.25, -0.2) is 9.78 Å². The van der Waals surface area contributed by atoms with Crippen molar-refractivity contribution in [3.05, 3.63) is 48.5 Å². The van der Waals surface area contributed by atoms with Crippen LogP contribution in [0.1, 0.15) is 0 Å². The Morgan fingerprint density at radius 2 is 1.63 bits per heavy atom. The third-order valence-corrected chi connectivity index (χ3v) is 5.51. The van der Waals surface area contributed by atoms with Crippen LogP contribution in [0.4, 0.5) is 10.5 Å². The third-order valence-electron chi connectivity index (χ3n) is 4.59. The first-order chi connectivity index (χ1) is 14.3. The zero-order valence-corrected chi connectivity index (χ0v) is 16.8. The van der Waals surface area contributed by atoms with E-state index in [0.29, 0.717) is 16.6 Å². The molecule has 5 amide bonds. The summed E-state index contributed by atoms with van der Waals surface area (Å²) in [5.41, 5.74) is 1.22. The van der Waals surface area contributed by atoms with E-state index in [1.165, 1.54) is 25.4 Å². The van der Waals surface area contributed by atoms with Gasteiger partial charge >= 0.3 is 6.03 Å². The van der Waals surface area contributed by atoms with Crippen molar-refractivity contribution in [2.45, 2.75) is 0 Å². The zero-order chi connectivity index (χ0) is 21.4. The maximum Gasteiger partial charge on any atom is 0.332 e. The number of urea groups is 1. The molecule has 1 fully saturated rings. The largest absolute Gasteiger partial charge is 0.431 e. The Morgan fingerprint density at radius 1 is 1.00 bits per heavy atom. The minimum Gasteiger partial charge on any atom is -0.431 e. The SMILES string of the molecule is CN1C(=O)C(C(=O)Nc2ccc(Oc3nc4ccccc4s3)cc2)C(=O)N(C)C1=O. The number of nitrogens with one attached hydrogen (secondary N) is 1. The number of thiazole rings is 1. The van der Waals surface area contributed by atoms with E-state index in [1.54, 1.807) is 24.3 Å². The van der Waals surface area contributed by atoms with Crippen LogP contribution in [-0.2, 0) is 14.4 Å². The number of hydrogen-bond acceptors (Lipinski definition) is 7. The molecule has 9 nitrogen and oxygen atoms in total. The predicted molar refractivity (Wildman–Crippen MR) is 109 cm³/mol. The van der Waals surface area contributed by atoms with Gasteiger partial charge in [-0.1, -0.05) is 23.5 Å². The van der Waals surface area contributed by atoms with Gasteiger partial charge in [0.1, 0.15) is 5.75 Å². The van der Waals surface area contributed by atoms with Gasteiger partial charge in [-0.05, 0) is 36.4 Å². The van der Waals surface area contributed by atoms with Crippen LogP contribution in [0.3, 0.4) is 0 Å². The Bertz CT molecular complexity index is 1120. The first-order valence-electron chi connectivity index (χ1n) is 8.88. The molecule has 0 unspecified atom stereocenters. The van der Waals surface area contributed by atoms with E-state index in [0.717, 1.165) is 20.0 Å². The van der Waals surface area contributed by atoms with Crippen LogP contribution < -0.4 is 10.1 Å². The number of barbiturate groups is 1. The molecule has 0 radical (unpaired) electrons. The lowest BCUT2D eigenvalue weighted by atomic mass is 10.0. The average molecular weight is 424 g/mol. The summed E-state index contributed by atoms with van der Waals surface area (Å²) in [6.45, 7) is 0. The summed E-state index contributed by atoms with van der Waals surface area (Å²) < 4.78 is 6.76. The first kappa shape index (κ1) is 19.5. The molecule has 30 heavy (non-hydrogen) atoms. The summed E-state index contributed by atoms with van der Waals surface area (Å²) in [6, 6.07) is 13.3. The van der Waals surface area contributed by atoms with Crippen LogP contribution in [0.15, 0.2) is 48.5 Å². The van der Waals surface area contributed by atoms with Gasteiger partial charge in [0.15, 0.2) is 5.92 Å². The van der Waals surface area contributed by atoms with Gasteiger partial charge in [0.25, 0.3) is 17.0 Å². The summed E-state index contributed by atoms with van der Waals surface area (Å²) >= 11 is 1.41. The number of nitrogens with zero attached hydrogens (tertiary/aromatic N) is 3. The Balaban J connectivity index is 1.45. The van der Waals surface area contributed by atoms with Gasteiger partial charge in [0, 0.05) is 19.8 Å². The average Bonchev–Trinajstić information content (AvgIpc) is 3.14. The van der Waals surface area contributed by atoms with E-state index in [-0.39, 0.29) is 0 Å². The van der Waals surface area contributed by atoms with Crippen molar-refractivity contribution in [1.82, 2.24) is 14.8 Å². The van der Waals surface area contributed by atoms with Crippen LogP contribution in [0.5, 0.6) is 10.9 Å². The van der Waals surface area contributed by atoms with Gasteiger partial charge in [0.05, 0.1) is 10.2 Å². The summed E-state index contributed by atoms with van der Waals surface area (Å²) in [5, 5.41) is 3.02. The topological polar surface area (TPSA) is 109 Å². The zero-order valence-electron chi connectivity index (χ0n) is 16.0. The molecule has 4 rings (SSSR count). The lowest BCUT2D eigenvalue weighted by Crippen LogP contribution is -2.59. The van der Waals surface area contributed by atoms with Crippen molar-refractivity contribution >= 4 is 51.0 Å². The van der Waals surface area contributed by atoms with Gasteiger partial charge < -0.3 is 10.1 Å². The van der Waals surface area contributed by atoms with Crippen molar-refractivity contribution < 1.29 is 23.9 Å². The highest BCUT2D eigenvalue weighted by molar-refractivity contribution is 7.20. The second-order valence-corrected chi connectivity index (χ2v) is 7.57. The van der Waals surface area contributed by atoms with E-state index >= 15 is 0 Å². The smallest absolute Gasteiger partial charge is 0.332 e. The molecule has 2 aromatic carbocycles. The van der Waals surface area contributed by atoms with Gasteiger partial charge in [0.2, 0.25) is 5.91 Å². The summed E-state index contributed by atoms with van der Waals surface area (Å²) in [6.07, 6.45) is 0. The standard InChI is InChI=1S/C20H16N4O5S/c1-23-17(26)15(18(27)24(2)20(23)28)16(25)21-11-7-9-12(10-8-11)29-19-22-13-5-3-4-6-14(13)30-19/h3-10,15H,1-2H3,(H,21,25). The van der Waals surface area contributed by atoms with E-state index in [2.05, 4.69) is 10.3 Å². The fraction of sp³-hybridized carbons (Fsp3) is 0.150. The maximum atomic E-state index is 12.5. The van der Waals surface area contributed by atoms with Crippen LogP contribution in [0.2, 0.25) is 0 Å². The van der Waals surface area contributed by atoms with E-state index in [1.807, 2.05) is 24.3 Å². The molecule has 2 heterocycles. The number of benzene rings is 2. The third kappa shape index (κ3) is 3.48. The molecule has 3 aromatic rings. The molecule has 0 atom stereocenters. The number of anilines is 1. The fourth-order valence-electron chi connectivity index (χ4n) is 2.95. The number of ether oxygens (including phenoxy) is 1. The number of amides is 5. The molecular weight excluding hydrogens is 408 g/mol. The molecule has 0 saturated carbocycles. The normalized spacial score (nSPS) is 15.1. The molecule has 1 saturated heterocycles. The molecule has 0 bridgehead atoms. The van der Waals surface area contributed by atoms with Crippen molar-refractivity contribution in [1.29, 1.82) is 0 Å². The highest BCUT2D eigenvalue weighted by atomic mass is 32.1. The molecule has 10 heteroatoms. The van der Waals surface area contributed by atoms with E-state index < -0.39 is 29.7 Å². The van der Waals surface area contributed by atoms with Crippen LogP contribution >= 0.6 is 11.3 Å². The highest BCUT2D eigenvalue weighted by Gasteiger charge is 2.46. The van der Waals surface area contributed by atoms with E-state index in [9.17, 15) is 19.2 Å². The van der Waals surface area contributed by atoms with Crippen molar-refractivity contribution in [2.75, 3.05) is 19.4 Å². The first-order valence-corrected chi connectivity index (χ1v) is 9.70. The minimum absolute atomic E-state index is 0.374. The quantitative estimate of drug-likeness (QED) is 0.645.